The lowest BCUT2D eigenvalue weighted by atomic mass is 10.0. The number of nitrogens with two attached hydrogens (primary N) is 2. The van der Waals surface area contributed by atoms with Crippen LogP contribution in [0.3, 0.4) is 0 Å². The highest BCUT2D eigenvalue weighted by Crippen LogP contribution is 2.31. The van der Waals surface area contributed by atoms with Gasteiger partial charge in [-0.05, 0) is 29.7 Å². The zero-order valence-electron chi connectivity index (χ0n) is 18.5. The summed E-state index contributed by atoms with van der Waals surface area (Å²) in [6.07, 6.45) is 0.252. The number of rotatable bonds is 9. The molecule has 10 heteroatoms. The maximum Gasteiger partial charge on any atom is 0.226 e. The molecule has 1 aromatic heterocycles. The van der Waals surface area contributed by atoms with Crippen LogP contribution in [0.15, 0.2) is 59.6 Å². The molecule has 0 fully saturated rings. The first-order valence-electron chi connectivity index (χ1n) is 10.6. The quantitative estimate of drug-likeness (QED) is 0.0902. The monoisotopic (exact) mass is 482 g/mol. The van der Waals surface area contributed by atoms with Gasteiger partial charge in [-0.1, -0.05) is 48.0 Å². The van der Waals surface area contributed by atoms with E-state index in [1.807, 2.05) is 0 Å². The number of hydrogen-bond acceptors (Lipinski definition) is 6. The molecule has 0 saturated heterocycles. The number of nitrogen functional groups attached to an aromatic ring is 2. The van der Waals surface area contributed by atoms with Gasteiger partial charge in [0.05, 0.1) is 17.1 Å². The summed E-state index contributed by atoms with van der Waals surface area (Å²) < 4.78 is 0.850. The highest BCUT2D eigenvalue weighted by Gasteiger charge is 2.19. The molecule has 0 aliphatic heterocycles. The minimum atomic E-state index is -0.341. The second kappa shape index (κ2) is 11.4. The third kappa shape index (κ3) is 6.15. The number of benzene rings is 2. The van der Waals surface area contributed by atoms with Crippen LogP contribution < -0.4 is 22.3 Å². The molecule has 0 aliphatic carbocycles. The summed E-state index contributed by atoms with van der Waals surface area (Å²) in [5, 5.41) is 30.5. The number of carbonyl (C=O) groups excluding carboxylic acids is 1. The average Bonchev–Trinajstić information content (AvgIpc) is 2.81. The van der Waals surface area contributed by atoms with Gasteiger partial charge in [0.25, 0.3) is 0 Å². The molecule has 9 nitrogen and oxygen atoms in total. The van der Waals surface area contributed by atoms with Crippen LogP contribution in [0.25, 0.3) is 11.1 Å². The molecule has 0 radical (unpaired) electrons. The Morgan fingerprint density at radius 1 is 1.18 bits per heavy atom. The number of halogens is 1. The van der Waals surface area contributed by atoms with E-state index in [1.54, 1.807) is 48.5 Å². The first kappa shape index (κ1) is 24.8. The molecular formula is C24H27ClN6O3. The van der Waals surface area contributed by atoms with Gasteiger partial charge in [0.15, 0.2) is 5.49 Å². The van der Waals surface area contributed by atoms with Crippen molar-refractivity contribution in [2.45, 2.75) is 19.4 Å². The molecule has 2 aromatic carbocycles. The molecule has 0 unspecified atom stereocenters. The lowest BCUT2D eigenvalue weighted by Gasteiger charge is -2.16. The first-order valence-corrected chi connectivity index (χ1v) is 11.0. The summed E-state index contributed by atoms with van der Waals surface area (Å²) in [4.78, 5) is 17.1. The number of nitrogens with one attached hydrogen (secondary N) is 2. The molecular weight excluding hydrogens is 456 g/mol. The molecule has 0 spiro atoms. The molecule has 0 saturated carbocycles. The van der Waals surface area contributed by atoms with Gasteiger partial charge in [0.1, 0.15) is 5.84 Å². The van der Waals surface area contributed by atoms with E-state index in [9.17, 15) is 10.0 Å². The Morgan fingerprint density at radius 3 is 2.56 bits per heavy atom. The van der Waals surface area contributed by atoms with Crippen LogP contribution in [0.2, 0.25) is 5.02 Å². The zero-order valence-corrected chi connectivity index (χ0v) is 19.2. The van der Waals surface area contributed by atoms with Crippen LogP contribution in [0.1, 0.15) is 23.2 Å². The summed E-state index contributed by atoms with van der Waals surface area (Å²) >= 11 is 6.57. The van der Waals surface area contributed by atoms with Gasteiger partial charge in [-0.2, -0.15) is 4.73 Å². The van der Waals surface area contributed by atoms with Gasteiger partial charge in [-0.25, -0.2) is 0 Å². The van der Waals surface area contributed by atoms with Crippen LogP contribution in [0, 0.1) is 5.41 Å². The van der Waals surface area contributed by atoms with Gasteiger partial charge in [0, 0.05) is 42.6 Å². The first-order chi connectivity index (χ1) is 16.3. The largest absolute Gasteiger partial charge is 0.427 e. The van der Waals surface area contributed by atoms with Crippen molar-refractivity contribution in [3.05, 3.63) is 81.9 Å². The number of pyridine rings is 1. The van der Waals surface area contributed by atoms with E-state index >= 15 is 0 Å². The Hall–Kier alpha value is -3.82. The Morgan fingerprint density at radius 2 is 1.91 bits per heavy atom. The van der Waals surface area contributed by atoms with E-state index in [1.165, 1.54) is 6.07 Å². The fourth-order valence-corrected chi connectivity index (χ4v) is 3.70. The van der Waals surface area contributed by atoms with E-state index in [-0.39, 0.29) is 49.0 Å². The summed E-state index contributed by atoms with van der Waals surface area (Å²) in [5.74, 6) is -0.370. The molecule has 0 bridgehead atoms. The maximum atomic E-state index is 12.8. The van der Waals surface area contributed by atoms with Crippen molar-refractivity contribution in [1.29, 1.82) is 5.41 Å². The number of hydrogen-bond donors (Lipinski definition) is 6. The lowest BCUT2D eigenvalue weighted by Crippen LogP contribution is -2.30. The third-order valence-electron chi connectivity index (χ3n) is 5.10. The van der Waals surface area contributed by atoms with Crippen LogP contribution in [0.4, 0.5) is 5.69 Å². The standard InChI is InChI=1S/C24H27ClN6O3/c25-19-12-21(29-9-2-10-32)31(34)20(23(19)17-3-1-4-18(26)11-17)13-22(33)30-14-15-5-7-16(8-6-15)24(27)28/h1,3-8,11-12,32,34H,2,9-10,13-14,26H2,(H3,27,28)(H,30,33). The summed E-state index contributed by atoms with van der Waals surface area (Å²) in [6.45, 7) is 0.504. The van der Waals surface area contributed by atoms with Gasteiger partial charge in [-0.15, -0.1) is 0 Å². The Balaban J connectivity index is 1.91. The van der Waals surface area contributed by atoms with Crippen LogP contribution in [0.5, 0.6) is 0 Å². The predicted molar refractivity (Wildman–Crippen MR) is 132 cm³/mol. The van der Waals surface area contributed by atoms with E-state index in [0.717, 1.165) is 10.3 Å². The third-order valence-corrected chi connectivity index (χ3v) is 5.40. The fraction of sp³-hybridized carbons (Fsp3) is 0.208. The lowest BCUT2D eigenvalue weighted by molar-refractivity contribution is -0.120. The van der Waals surface area contributed by atoms with Gasteiger partial charge in [0.2, 0.25) is 5.91 Å². The molecule has 1 amide bonds. The van der Waals surface area contributed by atoms with E-state index in [2.05, 4.69) is 10.3 Å². The number of amides is 1. The Bertz CT molecular complexity index is 1250. The normalized spacial score (nSPS) is 11.4. The van der Waals surface area contributed by atoms with E-state index in [4.69, 9.17) is 33.6 Å². The second-order valence-electron chi connectivity index (χ2n) is 7.63. The van der Waals surface area contributed by atoms with Crippen molar-refractivity contribution in [1.82, 2.24) is 10.0 Å². The number of aliphatic hydroxyl groups is 1. The van der Waals surface area contributed by atoms with Gasteiger partial charge < -0.3 is 27.1 Å². The van der Waals surface area contributed by atoms with Gasteiger partial charge >= 0.3 is 0 Å². The minimum Gasteiger partial charge on any atom is -0.427 e. The molecule has 0 aliphatic rings. The molecule has 3 aromatic rings. The van der Waals surface area contributed by atoms with E-state index < -0.39 is 0 Å². The smallest absolute Gasteiger partial charge is 0.226 e. The predicted octanol–water partition coefficient (Wildman–Crippen LogP) is 2.05. The molecule has 3 rings (SSSR count). The number of anilines is 1. The summed E-state index contributed by atoms with van der Waals surface area (Å²) in [7, 11) is 0. The molecule has 1 heterocycles. The molecule has 0 atom stereocenters. The highest BCUT2D eigenvalue weighted by atomic mass is 35.5. The van der Waals surface area contributed by atoms with Gasteiger partial charge in [-0.3, -0.25) is 15.2 Å². The van der Waals surface area contributed by atoms with Crippen LogP contribution in [-0.2, 0) is 17.8 Å². The Kier molecular flexibility index (Phi) is 8.29. The van der Waals surface area contributed by atoms with Crippen LogP contribution in [-0.4, -0.2) is 39.9 Å². The Labute approximate surface area is 201 Å². The fourth-order valence-electron chi connectivity index (χ4n) is 3.38. The van der Waals surface area contributed by atoms with Crippen molar-refractivity contribution in [2.24, 2.45) is 10.7 Å². The number of aliphatic hydroxyl groups excluding tert-OH is 1. The zero-order chi connectivity index (χ0) is 24.7. The van der Waals surface area contributed by atoms with E-state index in [0.29, 0.717) is 33.8 Å². The molecule has 8 N–H and O–H groups in total. The van der Waals surface area contributed by atoms with Crippen LogP contribution >= 0.6 is 11.6 Å². The number of carbonyl (C=O) groups is 1. The number of aromatic nitrogens is 1. The van der Waals surface area contributed by atoms with Crippen molar-refractivity contribution in [2.75, 3.05) is 18.9 Å². The maximum absolute atomic E-state index is 12.8. The summed E-state index contributed by atoms with van der Waals surface area (Å²) in [6, 6.07) is 15.5. The minimum absolute atomic E-state index is 0.0293. The number of nitrogens with zero attached hydrogens (tertiary/aromatic N) is 2. The van der Waals surface area contributed by atoms with Crippen molar-refractivity contribution >= 4 is 29.0 Å². The summed E-state index contributed by atoms with van der Waals surface area (Å²) in [5.41, 5.74) is 14.9. The van der Waals surface area contributed by atoms with Crippen molar-refractivity contribution < 1.29 is 15.1 Å². The SMILES string of the molecule is N=C(N)c1ccc(CNC(=O)Cc2c(-c3cccc(N)c3)c(Cl)cc(=NCCCO)n2O)cc1. The highest BCUT2D eigenvalue weighted by molar-refractivity contribution is 6.33. The van der Waals surface area contributed by atoms with Crippen molar-refractivity contribution in [3.8, 4) is 11.1 Å². The number of amidine groups is 1. The molecule has 178 valence electrons. The van der Waals surface area contributed by atoms with Crippen molar-refractivity contribution in [3.63, 3.8) is 0 Å². The topological polar surface area (TPSA) is 163 Å². The second-order valence-corrected chi connectivity index (χ2v) is 8.04. The average molecular weight is 483 g/mol. The molecule has 34 heavy (non-hydrogen) atoms.